The highest BCUT2D eigenvalue weighted by atomic mass is 15.1. The van der Waals surface area contributed by atoms with E-state index in [1.807, 2.05) is 18.2 Å². The lowest BCUT2D eigenvalue weighted by molar-refractivity contribution is 0.303. The second-order valence-electron chi connectivity index (χ2n) is 4.45. The van der Waals surface area contributed by atoms with Crippen LogP contribution in [0.15, 0.2) is 18.2 Å². The Morgan fingerprint density at radius 1 is 1.25 bits per heavy atom. The molecule has 0 atom stereocenters. The fourth-order valence-corrected chi connectivity index (χ4v) is 2.00. The molecule has 0 aromatic carbocycles. The van der Waals surface area contributed by atoms with Gasteiger partial charge in [0.1, 0.15) is 11.6 Å². The lowest BCUT2D eigenvalue weighted by Crippen LogP contribution is -2.16. The summed E-state index contributed by atoms with van der Waals surface area (Å²) in [7, 11) is 0. The Morgan fingerprint density at radius 3 is 2.62 bits per heavy atom. The van der Waals surface area contributed by atoms with Crippen molar-refractivity contribution in [1.29, 1.82) is 0 Å². The van der Waals surface area contributed by atoms with Crippen molar-refractivity contribution in [3.8, 4) is 0 Å². The highest BCUT2D eigenvalue weighted by Gasteiger charge is 2.16. The number of anilines is 2. The van der Waals surface area contributed by atoms with Crippen molar-refractivity contribution in [2.45, 2.75) is 32.6 Å². The highest BCUT2D eigenvalue weighted by Crippen LogP contribution is 2.29. The van der Waals surface area contributed by atoms with Crippen molar-refractivity contribution in [2.75, 3.05) is 23.7 Å². The normalized spacial score (nSPS) is 15.6. The summed E-state index contributed by atoms with van der Waals surface area (Å²) in [5, 5.41) is 6.61. The van der Waals surface area contributed by atoms with Crippen molar-refractivity contribution in [1.82, 2.24) is 4.98 Å². The molecule has 0 saturated heterocycles. The molecule has 1 saturated carbocycles. The van der Waals surface area contributed by atoms with E-state index in [-0.39, 0.29) is 0 Å². The van der Waals surface area contributed by atoms with Crippen molar-refractivity contribution < 1.29 is 0 Å². The number of aromatic nitrogens is 1. The van der Waals surface area contributed by atoms with E-state index in [9.17, 15) is 0 Å². The third-order valence-corrected chi connectivity index (χ3v) is 3.19. The molecule has 1 heterocycles. The Morgan fingerprint density at radius 2 is 2.00 bits per heavy atom. The second kappa shape index (κ2) is 5.73. The number of nitrogens with one attached hydrogen (secondary N) is 2. The topological polar surface area (TPSA) is 37.0 Å². The highest BCUT2D eigenvalue weighted by molar-refractivity contribution is 5.44. The maximum absolute atomic E-state index is 4.48. The van der Waals surface area contributed by atoms with Gasteiger partial charge in [0.15, 0.2) is 0 Å². The van der Waals surface area contributed by atoms with Crippen LogP contribution in [-0.4, -0.2) is 18.1 Å². The standard InChI is InChI=1S/C13H21N3/c1-2-14-12-7-4-8-13(16-12)15-10-9-11-5-3-6-11/h4,7-8,11H,2-3,5-6,9-10H2,1H3,(H2,14,15,16). The third-order valence-electron chi connectivity index (χ3n) is 3.19. The minimum Gasteiger partial charge on any atom is -0.370 e. The fraction of sp³-hybridized carbons (Fsp3) is 0.615. The number of hydrogen-bond acceptors (Lipinski definition) is 3. The van der Waals surface area contributed by atoms with E-state index in [2.05, 4.69) is 22.5 Å². The number of hydrogen-bond donors (Lipinski definition) is 2. The van der Waals surface area contributed by atoms with Crippen LogP contribution in [0.3, 0.4) is 0 Å². The zero-order valence-corrected chi connectivity index (χ0v) is 10.00. The van der Waals surface area contributed by atoms with E-state index in [1.165, 1.54) is 25.7 Å². The number of rotatable bonds is 6. The third kappa shape index (κ3) is 3.12. The first-order valence-electron chi connectivity index (χ1n) is 6.33. The molecule has 1 aliphatic carbocycles. The molecule has 2 N–H and O–H groups in total. The van der Waals surface area contributed by atoms with Crippen LogP contribution in [-0.2, 0) is 0 Å². The average Bonchev–Trinajstić information content (AvgIpc) is 2.23. The van der Waals surface area contributed by atoms with E-state index in [4.69, 9.17) is 0 Å². The quantitative estimate of drug-likeness (QED) is 0.772. The lowest BCUT2D eigenvalue weighted by atomic mass is 9.83. The maximum Gasteiger partial charge on any atom is 0.128 e. The van der Waals surface area contributed by atoms with Gasteiger partial charge in [-0.25, -0.2) is 4.98 Å². The summed E-state index contributed by atoms with van der Waals surface area (Å²) < 4.78 is 0. The van der Waals surface area contributed by atoms with E-state index in [1.54, 1.807) is 0 Å². The van der Waals surface area contributed by atoms with Crippen LogP contribution in [0.2, 0.25) is 0 Å². The minimum absolute atomic E-state index is 0.915. The van der Waals surface area contributed by atoms with Gasteiger partial charge in [-0.2, -0.15) is 0 Å². The van der Waals surface area contributed by atoms with Gasteiger partial charge >= 0.3 is 0 Å². The monoisotopic (exact) mass is 219 g/mol. The largest absolute Gasteiger partial charge is 0.370 e. The Hall–Kier alpha value is -1.25. The van der Waals surface area contributed by atoms with Gasteiger partial charge in [0.25, 0.3) is 0 Å². The molecular formula is C13H21N3. The molecule has 0 spiro atoms. The minimum atomic E-state index is 0.915. The van der Waals surface area contributed by atoms with E-state index in [0.29, 0.717) is 0 Å². The van der Waals surface area contributed by atoms with E-state index >= 15 is 0 Å². The first-order chi connectivity index (χ1) is 7.88. The fourth-order valence-electron chi connectivity index (χ4n) is 2.00. The first kappa shape index (κ1) is 11.2. The van der Waals surface area contributed by atoms with Gasteiger partial charge < -0.3 is 10.6 Å². The predicted octanol–water partition coefficient (Wildman–Crippen LogP) is 3.12. The molecule has 0 aliphatic heterocycles. The molecule has 3 heteroatoms. The van der Waals surface area contributed by atoms with Gasteiger partial charge in [-0.15, -0.1) is 0 Å². The zero-order valence-electron chi connectivity index (χ0n) is 10.00. The Labute approximate surface area is 97.7 Å². The molecule has 0 bridgehead atoms. The van der Waals surface area contributed by atoms with Gasteiger partial charge in [0.2, 0.25) is 0 Å². The molecule has 3 nitrogen and oxygen atoms in total. The molecule has 0 radical (unpaired) electrons. The van der Waals surface area contributed by atoms with Crippen LogP contribution in [0, 0.1) is 5.92 Å². The molecule has 88 valence electrons. The summed E-state index contributed by atoms with van der Waals surface area (Å²) in [6.45, 7) is 4.05. The van der Waals surface area contributed by atoms with Gasteiger partial charge in [0, 0.05) is 13.1 Å². The van der Waals surface area contributed by atoms with Crippen molar-refractivity contribution in [2.24, 2.45) is 5.92 Å². The Bertz CT molecular complexity index is 321. The first-order valence-corrected chi connectivity index (χ1v) is 6.33. The maximum atomic E-state index is 4.48. The number of nitrogens with zero attached hydrogens (tertiary/aromatic N) is 1. The van der Waals surface area contributed by atoms with Gasteiger partial charge in [-0.05, 0) is 31.4 Å². The van der Waals surface area contributed by atoms with E-state index < -0.39 is 0 Å². The summed E-state index contributed by atoms with van der Waals surface area (Å²) in [6, 6.07) is 6.07. The second-order valence-corrected chi connectivity index (χ2v) is 4.45. The van der Waals surface area contributed by atoms with Gasteiger partial charge in [-0.1, -0.05) is 25.3 Å². The molecule has 16 heavy (non-hydrogen) atoms. The van der Waals surface area contributed by atoms with Gasteiger partial charge in [0.05, 0.1) is 0 Å². The lowest BCUT2D eigenvalue weighted by Gasteiger charge is -2.25. The van der Waals surface area contributed by atoms with Crippen molar-refractivity contribution >= 4 is 11.6 Å². The molecule has 1 aliphatic rings. The van der Waals surface area contributed by atoms with Crippen LogP contribution in [0.4, 0.5) is 11.6 Å². The number of pyridine rings is 1. The van der Waals surface area contributed by atoms with Gasteiger partial charge in [-0.3, -0.25) is 0 Å². The van der Waals surface area contributed by atoms with Crippen LogP contribution < -0.4 is 10.6 Å². The molecule has 2 rings (SSSR count). The summed E-state index contributed by atoms with van der Waals surface area (Å²) in [5.41, 5.74) is 0. The summed E-state index contributed by atoms with van der Waals surface area (Å²) in [5.74, 6) is 2.90. The molecule has 1 aromatic rings. The average molecular weight is 219 g/mol. The molecule has 0 unspecified atom stereocenters. The van der Waals surface area contributed by atoms with E-state index in [0.717, 1.165) is 30.6 Å². The SMILES string of the molecule is CCNc1cccc(NCCC2CCC2)n1. The molecule has 1 aromatic heterocycles. The summed E-state index contributed by atoms with van der Waals surface area (Å²) in [4.78, 5) is 4.48. The molecule has 1 fully saturated rings. The van der Waals surface area contributed by atoms with Crippen molar-refractivity contribution in [3.05, 3.63) is 18.2 Å². The summed E-state index contributed by atoms with van der Waals surface area (Å²) >= 11 is 0. The van der Waals surface area contributed by atoms with Crippen LogP contribution in [0.5, 0.6) is 0 Å². The Balaban J connectivity index is 1.76. The zero-order chi connectivity index (χ0) is 11.2. The van der Waals surface area contributed by atoms with Crippen molar-refractivity contribution in [3.63, 3.8) is 0 Å². The summed E-state index contributed by atoms with van der Waals surface area (Å²) in [6.07, 6.45) is 5.56. The molecule has 0 amide bonds. The Kier molecular flexibility index (Phi) is 4.03. The smallest absolute Gasteiger partial charge is 0.128 e. The van der Waals surface area contributed by atoms with Crippen LogP contribution >= 0.6 is 0 Å². The predicted molar refractivity (Wildman–Crippen MR) is 68.8 cm³/mol. The van der Waals surface area contributed by atoms with Crippen LogP contribution in [0.1, 0.15) is 32.6 Å². The molecular weight excluding hydrogens is 198 g/mol. The van der Waals surface area contributed by atoms with Crippen LogP contribution in [0.25, 0.3) is 0 Å².